The van der Waals surface area contributed by atoms with Crippen LogP contribution in [0.5, 0.6) is 0 Å². The van der Waals surface area contributed by atoms with Crippen LogP contribution in [0.2, 0.25) is 5.02 Å². The lowest BCUT2D eigenvalue weighted by atomic mass is 9.95. The smallest absolute Gasteiger partial charge is 0.264 e. The van der Waals surface area contributed by atoms with Crippen molar-refractivity contribution in [1.82, 2.24) is 10.2 Å². The predicted molar refractivity (Wildman–Crippen MR) is 163 cm³/mol. The Morgan fingerprint density at radius 1 is 1.00 bits per heavy atom. The fourth-order valence-corrected chi connectivity index (χ4v) is 6.80. The van der Waals surface area contributed by atoms with Gasteiger partial charge in [0.05, 0.1) is 10.6 Å². The second-order valence-electron chi connectivity index (χ2n) is 10.9. The van der Waals surface area contributed by atoms with Crippen molar-refractivity contribution >= 4 is 39.1 Å². The molecule has 1 aliphatic rings. The summed E-state index contributed by atoms with van der Waals surface area (Å²) in [4.78, 5) is 28.7. The molecule has 1 aliphatic carbocycles. The van der Waals surface area contributed by atoms with Gasteiger partial charge in [0.15, 0.2) is 0 Å². The molecule has 0 heterocycles. The van der Waals surface area contributed by atoms with E-state index in [9.17, 15) is 22.4 Å². The minimum Gasteiger partial charge on any atom is -0.352 e. The number of nitrogens with zero attached hydrogens (tertiary/aromatic N) is 2. The SMILES string of the molecule is Cc1ccc(S(=O)(=O)N(CC(=O)N(Cc2ccccc2F)[C@H](C)C(=O)NC2CCCCC2)c2cc(Cl)ccc2C)cc1. The van der Waals surface area contributed by atoms with Crippen LogP contribution in [0.3, 0.4) is 0 Å². The van der Waals surface area contributed by atoms with Gasteiger partial charge in [0.25, 0.3) is 10.0 Å². The average Bonchev–Trinajstić information content (AvgIpc) is 2.97. The zero-order valence-electron chi connectivity index (χ0n) is 24.1. The van der Waals surface area contributed by atoms with Crippen LogP contribution in [0.1, 0.15) is 55.7 Å². The van der Waals surface area contributed by atoms with Crippen LogP contribution < -0.4 is 9.62 Å². The van der Waals surface area contributed by atoms with Gasteiger partial charge in [-0.2, -0.15) is 0 Å². The standard InChI is InChI=1S/C32H37ClFN3O4S/c1-22-13-17-28(18-14-22)42(40,41)37(30-19-26(33)16-15-23(30)2)21-31(38)36(20-25-9-7-8-12-29(25)34)24(3)32(39)35-27-10-5-4-6-11-27/h7-9,12-19,24,27H,4-6,10-11,20-21H2,1-3H3,(H,35,39)/t24-/m1/s1. The molecule has 224 valence electrons. The van der Waals surface area contributed by atoms with Crippen molar-refractivity contribution in [3.8, 4) is 0 Å². The summed E-state index contributed by atoms with van der Waals surface area (Å²) in [5.74, 6) is -1.54. The topological polar surface area (TPSA) is 86.8 Å². The Kier molecular flexibility index (Phi) is 10.3. The number of carbonyl (C=O) groups is 2. The molecule has 0 aliphatic heterocycles. The van der Waals surface area contributed by atoms with Gasteiger partial charge in [-0.25, -0.2) is 12.8 Å². The van der Waals surface area contributed by atoms with E-state index in [2.05, 4.69) is 5.32 Å². The van der Waals surface area contributed by atoms with Crippen molar-refractivity contribution in [1.29, 1.82) is 0 Å². The second kappa shape index (κ2) is 13.7. The summed E-state index contributed by atoms with van der Waals surface area (Å²) in [6.07, 6.45) is 4.87. The third-order valence-electron chi connectivity index (χ3n) is 7.75. The van der Waals surface area contributed by atoms with E-state index in [1.807, 2.05) is 6.92 Å². The monoisotopic (exact) mass is 613 g/mol. The highest BCUT2D eigenvalue weighted by molar-refractivity contribution is 7.92. The van der Waals surface area contributed by atoms with Crippen LogP contribution in [-0.4, -0.2) is 43.8 Å². The molecule has 0 saturated heterocycles. The molecule has 1 N–H and O–H groups in total. The lowest BCUT2D eigenvalue weighted by Crippen LogP contribution is -2.53. The zero-order chi connectivity index (χ0) is 30.4. The maximum atomic E-state index is 14.8. The van der Waals surface area contributed by atoms with Gasteiger partial charge in [-0.3, -0.25) is 13.9 Å². The molecule has 1 fully saturated rings. The zero-order valence-corrected chi connectivity index (χ0v) is 25.7. The van der Waals surface area contributed by atoms with E-state index < -0.39 is 34.3 Å². The van der Waals surface area contributed by atoms with Crippen molar-refractivity contribution in [3.05, 3.63) is 94.3 Å². The lowest BCUT2D eigenvalue weighted by Gasteiger charge is -2.33. The van der Waals surface area contributed by atoms with Gasteiger partial charge in [0.2, 0.25) is 11.8 Å². The molecule has 7 nitrogen and oxygen atoms in total. The van der Waals surface area contributed by atoms with Crippen molar-refractivity contribution in [2.75, 3.05) is 10.8 Å². The Balaban J connectivity index is 1.72. The molecular weight excluding hydrogens is 577 g/mol. The highest BCUT2D eigenvalue weighted by Crippen LogP contribution is 2.30. The summed E-state index contributed by atoms with van der Waals surface area (Å²) in [5.41, 5.74) is 1.92. The Hall–Kier alpha value is -3.43. The van der Waals surface area contributed by atoms with Gasteiger partial charge in [0, 0.05) is 23.2 Å². The molecular formula is C32H37ClFN3O4S. The average molecular weight is 614 g/mol. The number of carbonyl (C=O) groups excluding carboxylic acids is 2. The Morgan fingerprint density at radius 2 is 1.67 bits per heavy atom. The van der Waals surface area contributed by atoms with Crippen LogP contribution in [0.15, 0.2) is 71.6 Å². The molecule has 4 rings (SSSR count). The fourth-order valence-electron chi connectivity index (χ4n) is 5.16. The van der Waals surface area contributed by atoms with E-state index in [1.165, 1.54) is 29.2 Å². The summed E-state index contributed by atoms with van der Waals surface area (Å²) in [7, 11) is -4.24. The van der Waals surface area contributed by atoms with E-state index in [0.29, 0.717) is 10.6 Å². The third kappa shape index (κ3) is 7.50. The summed E-state index contributed by atoms with van der Waals surface area (Å²) in [5, 5.41) is 3.34. The largest absolute Gasteiger partial charge is 0.352 e. The molecule has 10 heteroatoms. The van der Waals surface area contributed by atoms with E-state index in [0.717, 1.165) is 42.0 Å². The first-order valence-corrected chi connectivity index (χ1v) is 16.0. The molecule has 3 aromatic rings. The maximum absolute atomic E-state index is 14.8. The van der Waals surface area contributed by atoms with Crippen LogP contribution in [0.4, 0.5) is 10.1 Å². The molecule has 42 heavy (non-hydrogen) atoms. The number of rotatable bonds is 10. The molecule has 0 bridgehead atoms. The second-order valence-corrected chi connectivity index (χ2v) is 13.2. The van der Waals surface area contributed by atoms with E-state index >= 15 is 0 Å². The van der Waals surface area contributed by atoms with Crippen molar-refractivity contribution in [3.63, 3.8) is 0 Å². The van der Waals surface area contributed by atoms with Gasteiger partial charge < -0.3 is 10.2 Å². The predicted octanol–water partition coefficient (Wildman–Crippen LogP) is 6.16. The Labute approximate surface area is 252 Å². The maximum Gasteiger partial charge on any atom is 0.264 e. The van der Waals surface area contributed by atoms with Crippen molar-refractivity contribution in [2.24, 2.45) is 0 Å². The Morgan fingerprint density at radius 3 is 2.33 bits per heavy atom. The Bertz CT molecular complexity index is 1520. The molecule has 1 atom stereocenters. The molecule has 2 amide bonds. The van der Waals surface area contributed by atoms with Gasteiger partial charge in [-0.1, -0.05) is 72.8 Å². The van der Waals surface area contributed by atoms with Crippen LogP contribution in [-0.2, 0) is 26.2 Å². The molecule has 0 radical (unpaired) electrons. The molecule has 0 aromatic heterocycles. The van der Waals surface area contributed by atoms with Gasteiger partial charge in [0.1, 0.15) is 18.4 Å². The first-order chi connectivity index (χ1) is 20.0. The van der Waals surface area contributed by atoms with E-state index in [-0.39, 0.29) is 34.6 Å². The first kappa shape index (κ1) is 31.5. The van der Waals surface area contributed by atoms with E-state index in [4.69, 9.17) is 11.6 Å². The number of nitrogens with one attached hydrogen (secondary N) is 1. The molecule has 1 saturated carbocycles. The number of hydrogen-bond acceptors (Lipinski definition) is 4. The quantitative estimate of drug-likeness (QED) is 0.297. The van der Waals surface area contributed by atoms with Gasteiger partial charge in [-0.05, 0) is 69.5 Å². The van der Waals surface area contributed by atoms with Crippen LogP contribution >= 0.6 is 11.6 Å². The van der Waals surface area contributed by atoms with Crippen LogP contribution in [0, 0.1) is 19.7 Å². The number of hydrogen-bond donors (Lipinski definition) is 1. The molecule has 0 unspecified atom stereocenters. The number of amides is 2. The normalized spacial score (nSPS) is 14.7. The molecule has 3 aromatic carbocycles. The third-order valence-corrected chi connectivity index (χ3v) is 9.75. The highest BCUT2D eigenvalue weighted by Gasteiger charge is 2.34. The van der Waals surface area contributed by atoms with Gasteiger partial charge >= 0.3 is 0 Å². The summed E-state index contributed by atoms with van der Waals surface area (Å²) in [6.45, 7) is 4.33. The number of sulfonamides is 1. The molecule has 0 spiro atoms. The number of anilines is 1. The van der Waals surface area contributed by atoms with Gasteiger partial charge in [-0.15, -0.1) is 0 Å². The lowest BCUT2D eigenvalue weighted by molar-refractivity contribution is -0.139. The summed E-state index contributed by atoms with van der Waals surface area (Å²) in [6, 6.07) is 16.2. The fraction of sp³-hybridized carbons (Fsp3) is 0.375. The van der Waals surface area contributed by atoms with Crippen LogP contribution in [0.25, 0.3) is 0 Å². The minimum atomic E-state index is -4.24. The number of benzene rings is 3. The summed E-state index contributed by atoms with van der Waals surface area (Å²) >= 11 is 6.27. The van der Waals surface area contributed by atoms with E-state index in [1.54, 1.807) is 56.3 Å². The minimum absolute atomic E-state index is 0.00372. The summed E-state index contributed by atoms with van der Waals surface area (Å²) < 4.78 is 43.8. The highest BCUT2D eigenvalue weighted by atomic mass is 35.5. The number of halogens is 2. The first-order valence-electron chi connectivity index (χ1n) is 14.2. The number of aryl methyl sites for hydroxylation is 2. The van der Waals surface area contributed by atoms with Crippen molar-refractivity contribution < 1.29 is 22.4 Å². The van der Waals surface area contributed by atoms with Crippen molar-refractivity contribution in [2.45, 2.75) is 76.4 Å².